The number of carboxylic acids is 1. The normalized spacial score (nSPS) is 10.6. The van der Waals surface area contributed by atoms with Crippen LogP contribution in [0.4, 0.5) is 0 Å². The van der Waals surface area contributed by atoms with Gasteiger partial charge >= 0.3 is 5.97 Å². The number of carboxylic acid groups (broad SMARTS) is 1. The molecule has 0 radical (unpaired) electrons. The largest absolute Gasteiger partial charge is 0.478 e. The number of nitrogens with two attached hydrogens (primary N) is 1. The minimum absolute atomic E-state index is 0.0305. The van der Waals surface area contributed by atoms with E-state index in [1.807, 2.05) is 0 Å². The van der Waals surface area contributed by atoms with Gasteiger partial charge in [-0.15, -0.1) is 0 Å². The quantitative estimate of drug-likeness (QED) is 0.842. The van der Waals surface area contributed by atoms with Crippen LogP contribution in [0.25, 0.3) is 6.08 Å². The molecule has 1 rings (SSSR count). The minimum atomic E-state index is -1.09. The van der Waals surface area contributed by atoms with Crippen LogP contribution in [0.1, 0.15) is 22.3 Å². The van der Waals surface area contributed by atoms with Crippen molar-refractivity contribution < 1.29 is 14.7 Å². The number of hydrogen-bond acceptors (Lipinski definition) is 2. The van der Waals surface area contributed by atoms with Crippen LogP contribution < -0.4 is 5.73 Å². The maximum Gasteiger partial charge on any atom is 0.337 e. The molecule has 0 unspecified atom stereocenters. The lowest BCUT2D eigenvalue weighted by Gasteiger charge is -2.00. The van der Waals surface area contributed by atoms with Crippen molar-refractivity contribution in [1.29, 1.82) is 0 Å². The highest BCUT2D eigenvalue weighted by molar-refractivity contribution is 6.33. The fourth-order valence-electron chi connectivity index (χ4n) is 1.12. The van der Waals surface area contributed by atoms with Crippen molar-refractivity contribution in [1.82, 2.24) is 0 Å². The summed E-state index contributed by atoms with van der Waals surface area (Å²) >= 11 is 5.70. The van der Waals surface area contributed by atoms with E-state index < -0.39 is 11.9 Å². The summed E-state index contributed by atoms with van der Waals surface area (Å²) in [6.07, 6.45) is 3.30. The van der Waals surface area contributed by atoms with Crippen molar-refractivity contribution in [2.45, 2.75) is 6.42 Å². The molecule has 0 heterocycles. The molecule has 0 aliphatic heterocycles. The van der Waals surface area contributed by atoms with Gasteiger partial charge in [-0.3, -0.25) is 4.79 Å². The molecule has 1 aromatic carbocycles. The van der Waals surface area contributed by atoms with E-state index in [9.17, 15) is 9.59 Å². The molecule has 5 heteroatoms. The van der Waals surface area contributed by atoms with Crippen LogP contribution in [0.2, 0.25) is 5.02 Å². The molecule has 1 amide bonds. The van der Waals surface area contributed by atoms with E-state index in [1.54, 1.807) is 18.2 Å². The second-order valence-corrected chi connectivity index (χ2v) is 3.52. The second kappa shape index (κ2) is 5.32. The number of carbonyl (C=O) groups is 2. The number of primary amides is 1. The summed E-state index contributed by atoms with van der Waals surface area (Å²) < 4.78 is 0. The van der Waals surface area contributed by atoms with Gasteiger partial charge in [0.2, 0.25) is 5.91 Å². The van der Waals surface area contributed by atoms with E-state index in [2.05, 4.69) is 0 Å². The SMILES string of the molecule is NC(=O)CC=Cc1ccc(Cl)c(C(=O)O)c1. The molecule has 16 heavy (non-hydrogen) atoms. The lowest BCUT2D eigenvalue weighted by Crippen LogP contribution is -2.07. The van der Waals surface area contributed by atoms with Gasteiger partial charge in [0.15, 0.2) is 0 Å². The maximum atomic E-state index is 10.8. The molecule has 0 aliphatic rings. The molecule has 84 valence electrons. The molecule has 0 atom stereocenters. The van der Waals surface area contributed by atoms with Gasteiger partial charge in [0.25, 0.3) is 0 Å². The van der Waals surface area contributed by atoms with E-state index in [4.69, 9.17) is 22.4 Å². The number of benzene rings is 1. The summed E-state index contributed by atoms with van der Waals surface area (Å²) in [4.78, 5) is 21.2. The smallest absolute Gasteiger partial charge is 0.337 e. The molecule has 0 bridgehead atoms. The first-order valence-corrected chi connectivity index (χ1v) is 4.86. The predicted octanol–water partition coefficient (Wildman–Crippen LogP) is 1.93. The average Bonchev–Trinajstić information content (AvgIpc) is 2.19. The van der Waals surface area contributed by atoms with Gasteiger partial charge in [-0.1, -0.05) is 29.8 Å². The van der Waals surface area contributed by atoms with Crippen LogP contribution in [0, 0.1) is 0 Å². The van der Waals surface area contributed by atoms with Gasteiger partial charge in [0.05, 0.1) is 10.6 Å². The van der Waals surface area contributed by atoms with E-state index >= 15 is 0 Å². The number of carbonyl (C=O) groups excluding carboxylic acids is 1. The molecule has 0 saturated heterocycles. The van der Waals surface area contributed by atoms with Crippen molar-refractivity contribution in [3.63, 3.8) is 0 Å². The summed E-state index contributed by atoms with van der Waals surface area (Å²) in [7, 11) is 0. The van der Waals surface area contributed by atoms with Crippen molar-refractivity contribution in [3.05, 3.63) is 40.4 Å². The lowest BCUT2D eigenvalue weighted by atomic mass is 10.1. The highest BCUT2D eigenvalue weighted by Gasteiger charge is 2.07. The van der Waals surface area contributed by atoms with Gasteiger partial charge in [-0.25, -0.2) is 4.79 Å². The third kappa shape index (κ3) is 3.40. The molecule has 0 aliphatic carbocycles. The van der Waals surface area contributed by atoms with E-state index in [0.717, 1.165) is 0 Å². The van der Waals surface area contributed by atoms with Gasteiger partial charge < -0.3 is 10.8 Å². The summed E-state index contributed by atoms with van der Waals surface area (Å²) in [6.45, 7) is 0. The Bertz CT molecular complexity index is 455. The first-order chi connectivity index (χ1) is 7.50. The molecule has 4 nitrogen and oxygen atoms in total. The van der Waals surface area contributed by atoms with E-state index in [0.29, 0.717) is 5.56 Å². The van der Waals surface area contributed by atoms with Crippen molar-refractivity contribution in [2.75, 3.05) is 0 Å². The maximum absolute atomic E-state index is 10.8. The van der Waals surface area contributed by atoms with Crippen molar-refractivity contribution >= 4 is 29.6 Å². The molecular formula is C11H10ClNO3. The number of hydrogen-bond donors (Lipinski definition) is 2. The van der Waals surface area contributed by atoms with Crippen LogP contribution in [0.15, 0.2) is 24.3 Å². The van der Waals surface area contributed by atoms with Crippen molar-refractivity contribution in [2.24, 2.45) is 5.73 Å². The van der Waals surface area contributed by atoms with Crippen LogP contribution in [0.5, 0.6) is 0 Å². The molecule has 0 aromatic heterocycles. The number of halogens is 1. The third-order valence-corrected chi connectivity index (χ3v) is 2.18. The molecule has 1 aromatic rings. The Balaban J connectivity index is 2.91. The second-order valence-electron chi connectivity index (χ2n) is 3.12. The van der Waals surface area contributed by atoms with Gasteiger partial charge in [-0.05, 0) is 17.7 Å². The minimum Gasteiger partial charge on any atom is -0.478 e. The van der Waals surface area contributed by atoms with Crippen LogP contribution >= 0.6 is 11.6 Å². The first-order valence-electron chi connectivity index (χ1n) is 4.48. The standard InChI is InChI=1S/C11H10ClNO3/c12-9-5-4-7(2-1-3-10(13)14)6-8(9)11(15)16/h1-2,4-6H,3H2,(H2,13,14)(H,15,16). The molecular weight excluding hydrogens is 230 g/mol. The first kappa shape index (κ1) is 12.3. The zero-order chi connectivity index (χ0) is 12.1. The fourth-order valence-corrected chi connectivity index (χ4v) is 1.32. The lowest BCUT2D eigenvalue weighted by molar-refractivity contribution is -0.117. The Morgan fingerprint density at radius 3 is 2.69 bits per heavy atom. The van der Waals surface area contributed by atoms with Gasteiger partial charge in [0, 0.05) is 6.42 Å². The number of aromatic carboxylic acids is 1. The molecule has 0 saturated carbocycles. The third-order valence-electron chi connectivity index (χ3n) is 1.85. The van der Waals surface area contributed by atoms with E-state index in [-0.39, 0.29) is 17.0 Å². The van der Waals surface area contributed by atoms with Crippen LogP contribution in [0.3, 0.4) is 0 Å². The summed E-state index contributed by atoms with van der Waals surface area (Å²) in [5.74, 6) is -1.53. The Kier molecular flexibility index (Phi) is 4.08. The number of rotatable bonds is 4. The Labute approximate surface area is 97.3 Å². The van der Waals surface area contributed by atoms with Crippen LogP contribution in [-0.2, 0) is 4.79 Å². The van der Waals surface area contributed by atoms with Gasteiger partial charge in [0.1, 0.15) is 0 Å². The Morgan fingerprint density at radius 2 is 2.12 bits per heavy atom. The average molecular weight is 240 g/mol. The fraction of sp³-hybridized carbons (Fsp3) is 0.0909. The topological polar surface area (TPSA) is 80.4 Å². The van der Waals surface area contributed by atoms with Crippen LogP contribution in [-0.4, -0.2) is 17.0 Å². The predicted molar refractivity (Wildman–Crippen MR) is 61.3 cm³/mol. The highest BCUT2D eigenvalue weighted by atomic mass is 35.5. The Hall–Kier alpha value is -1.81. The van der Waals surface area contributed by atoms with Crippen molar-refractivity contribution in [3.8, 4) is 0 Å². The zero-order valence-electron chi connectivity index (χ0n) is 8.31. The summed E-state index contributed by atoms with van der Waals surface area (Å²) in [5, 5.41) is 9.00. The summed E-state index contributed by atoms with van der Waals surface area (Å²) in [6, 6.07) is 4.59. The van der Waals surface area contributed by atoms with E-state index in [1.165, 1.54) is 12.1 Å². The molecule has 0 spiro atoms. The van der Waals surface area contributed by atoms with Gasteiger partial charge in [-0.2, -0.15) is 0 Å². The number of amides is 1. The summed E-state index contributed by atoms with van der Waals surface area (Å²) in [5.41, 5.74) is 5.64. The molecule has 3 N–H and O–H groups in total. The molecule has 0 fully saturated rings. The Morgan fingerprint density at radius 1 is 1.44 bits per heavy atom. The highest BCUT2D eigenvalue weighted by Crippen LogP contribution is 2.18. The monoisotopic (exact) mass is 239 g/mol. The zero-order valence-corrected chi connectivity index (χ0v) is 9.07.